The number of hydrogen-bond acceptors (Lipinski definition) is 8. The summed E-state index contributed by atoms with van der Waals surface area (Å²) in [7, 11) is 1.76. The van der Waals surface area contributed by atoms with Gasteiger partial charge in [-0.05, 0) is 90.3 Å². The molecule has 1 atom stereocenters. The lowest BCUT2D eigenvalue weighted by atomic mass is 9.97. The standard InChI is InChI=1S/C51H55N5O7/c1-55(49(61)28-31-56-29-26-40(27-30-56)63-51(62)53-44-16-7-6-15-41(44)38-13-3-2-4-14-38)39-20-18-36(19-21-39)33-48(60)52-34-37-12-9-11-35(32-37)10-5-8-17-45(57)42-22-24-46(58)50-43(42)23-25-47(59)54-50/h2-4,6-7,9,11-16,18-25,32,40,45,57-58H,5,8,10,17,26-31,33-34H2,1H3,(H,52,60)(H,53,62)(H,54,59)/t45-/m0/s1. The molecule has 5 N–H and O–H groups in total. The number of benzene rings is 5. The van der Waals surface area contributed by atoms with Gasteiger partial charge in [-0.25, -0.2) is 4.79 Å². The fourth-order valence-corrected chi connectivity index (χ4v) is 8.12. The first-order valence-electron chi connectivity index (χ1n) is 21.7. The van der Waals surface area contributed by atoms with Crippen molar-refractivity contribution in [2.45, 2.75) is 70.1 Å². The van der Waals surface area contributed by atoms with E-state index in [9.17, 15) is 29.4 Å². The fourth-order valence-electron chi connectivity index (χ4n) is 8.12. The van der Waals surface area contributed by atoms with E-state index in [-0.39, 0.29) is 35.6 Å². The number of piperidine rings is 1. The number of H-pyrrole nitrogens is 1. The second-order valence-electron chi connectivity index (χ2n) is 16.2. The second-order valence-corrected chi connectivity index (χ2v) is 16.2. The maximum Gasteiger partial charge on any atom is 0.411 e. The van der Waals surface area contributed by atoms with Gasteiger partial charge in [0.25, 0.3) is 0 Å². The minimum Gasteiger partial charge on any atom is -0.506 e. The number of aromatic hydroxyl groups is 1. The first-order chi connectivity index (χ1) is 30.6. The average molecular weight is 850 g/mol. The molecule has 7 rings (SSSR count). The summed E-state index contributed by atoms with van der Waals surface area (Å²) in [5, 5.41) is 27.6. The van der Waals surface area contributed by atoms with Crippen molar-refractivity contribution in [3.05, 3.63) is 160 Å². The van der Waals surface area contributed by atoms with E-state index in [0.29, 0.717) is 60.9 Å². The lowest BCUT2D eigenvalue weighted by Crippen LogP contribution is -2.40. The average Bonchev–Trinajstić information content (AvgIpc) is 3.30. The molecule has 0 saturated carbocycles. The molecule has 5 aromatic carbocycles. The second kappa shape index (κ2) is 21.4. The third-order valence-electron chi connectivity index (χ3n) is 11.7. The fraction of sp³-hybridized carbons (Fsp3) is 0.294. The highest BCUT2D eigenvalue weighted by molar-refractivity contribution is 5.93. The van der Waals surface area contributed by atoms with E-state index in [1.807, 2.05) is 91.0 Å². The quantitative estimate of drug-likeness (QED) is 0.0573. The van der Waals surface area contributed by atoms with Crippen molar-refractivity contribution in [1.29, 1.82) is 0 Å². The number of para-hydroxylation sites is 1. The number of rotatable bonds is 17. The van der Waals surface area contributed by atoms with Crippen LogP contribution in [-0.4, -0.2) is 70.8 Å². The van der Waals surface area contributed by atoms with Crippen molar-refractivity contribution in [2.24, 2.45) is 0 Å². The summed E-state index contributed by atoms with van der Waals surface area (Å²) in [6.45, 7) is 2.49. The number of aryl methyl sites for hydroxylation is 1. The van der Waals surface area contributed by atoms with E-state index in [1.54, 1.807) is 24.1 Å². The van der Waals surface area contributed by atoms with E-state index >= 15 is 0 Å². The van der Waals surface area contributed by atoms with Crippen LogP contribution in [0.2, 0.25) is 0 Å². The number of aliphatic hydroxyl groups excluding tert-OH is 1. The number of unbranched alkanes of at least 4 members (excludes halogenated alkanes) is 1. The number of nitrogens with one attached hydrogen (secondary N) is 3. The van der Waals surface area contributed by atoms with Crippen LogP contribution in [0.4, 0.5) is 16.2 Å². The number of aromatic amines is 1. The van der Waals surface area contributed by atoms with E-state index < -0.39 is 12.2 Å². The number of carbonyl (C=O) groups is 3. The SMILES string of the molecule is CN(C(=O)CCN1CCC(OC(=O)Nc2ccccc2-c2ccccc2)CC1)c1ccc(CC(=O)NCc2cccc(CCCC[C@H](O)c3ccc(O)c4[nH]c(=O)ccc34)c2)cc1. The summed E-state index contributed by atoms with van der Waals surface area (Å²) in [6.07, 6.45) is 3.58. The van der Waals surface area contributed by atoms with Gasteiger partial charge in [0, 0.05) is 62.4 Å². The van der Waals surface area contributed by atoms with Gasteiger partial charge in [0.2, 0.25) is 17.4 Å². The molecule has 2 heterocycles. The van der Waals surface area contributed by atoms with Crippen molar-refractivity contribution >= 4 is 40.2 Å². The highest BCUT2D eigenvalue weighted by atomic mass is 16.6. The van der Waals surface area contributed by atoms with Crippen LogP contribution in [-0.2, 0) is 33.7 Å². The van der Waals surface area contributed by atoms with Gasteiger partial charge < -0.3 is 35.1 Å². The number of nitrogens with zero attached hydrogens (tertiary/aromatic N) is 2. The number of aromatic nitrogens is 1. The van der Waals surface area contributed by atoms with Crippen molar-refractivity contribution in [1.82, 2.24) is 15.2 Å². The third kappa shape index (κ3) is 12.2. The highest BCUT2D eigenvalue weighted by Crippen LogP contribution is 2.31. The van der Waals surface area contributed by atoms with Crippen molar-refractivity contribution < 1.29 is 29.3 Å². The van der Waals surface area contributed by atoms with Gasteiger partial charge in [-0.2, -0.15) is 0 Å². The minimum atomic E-state index is -0.729. The molecule has 326 valence electrons. The Morgan fingerprint density at radius 2 is 1.59 bits per heavy atom. The zero-order chi connectivity index (χ0) is 44.1. The molecule has 0 radical (unpaired) electrons. The van der Waals surface area contributed by atoms with Gasteiger partial charge in [-0.3, -0.25) is 19.7 Å². The molecule has 1 aromatic heterocycles. The monoisotopic (exact) mass is 849 g/mol. The number of aliphatic hydroxyl groups is 1. The van der Waals surface area contributed by atoms with Crippen LogP contribution in [0.3, 0.4) is 0 Å². The van der Waals surface area contributed by atoms with Crippen LogP contribution >= 0.6 is 0 Å². The molecular weight excluding hydrogens is 795 g/mol. The number of hydrogen-bond donors (Lipinski definition) is 5. The van der Waals surface area contributed by atoms with Crippen LogP contribution in [0.15, 0.2) is 132 Å². The van der Waals surface area contributed by atoms with E-state index in [1.165, 1.54) is 12.1 Å². The normalized spacial score (nSPS) is 13.6. The molecule has 3 amide bonds. The molecule has 1 aliphatic heterocycles. The Hall–Kier alpha value is -6.76. The number of carbonyl (C=O) groups excluding carboxylic acids is 3. The summed E-state index contributed by atoms with van der Waals surface area (Å²) in [4.78, 5) is 57.1. The molecule has 63 heavy (non-hydrogen) atoms. The predicted molar refractivity (Wildman–Crippen MR) is 247 cm³/mol. The van der Waals surface area contributed by atoms with E-state index in [2.05, 4.69) is 32.7 Å². The Morgan fingerprint density at radius 3 is 2.38 bits per heavy atom. The van der Waals surface area contributed by atoms with Crippen molar-refractivity contribution in [3.8, 4) is 16.9 Å². The predicted octanol–water partition coefficient (Wildman–Crippen LogP) is 8.27. The molecule has 12 nitrogen and oxygen atoms in total. The van der Waals surface area contributed by atoms with Gasteiger partial charge in [0.05, 0.1) is 23.7 Å². The van der Waals surface area contributed by atoms with Crippen LogP contribution < -0.4 is 21.1 Å². The molecule has 12 heteroatoms. The Balaban J connectivity index is 0.780. The van der Waals surface area contributed by atoms with Gasteiger partial charge >= 0.3 is 6.09 Å². The molecule has 1 fully saturated rings. The number of phenols is 1. The van der Waals surface area contributed by atoms with Crippen molar-refractivity contribution in [2.75, 3.05) is 36.9 Å². The summed E-state index contributed by atoms with van der Waals surface area (Å²) in [6, 6.07) is 39.4. The molecule has 0 unspecified atom stereocenters. The zero-order valence-corrected chi connectivity index (χ0v) is 35.6. The number of ether oxygens (including phenoxy) is 1. The first-order valence-corrected chi connectivity index (χ1v) is 21.7. The molecule has 0 bridgehead atoms. The topological polar surface area (TPSA) is 164 Å². The van der Waals surface area contributed by atoms with Gasteiger partial charge in [-0.15, -0.1) is 0 Å². The molecule has 1 aliphatic rings. The summed E-state index contributed by atoms with van der Waals surface area (Å²) in [5.74, 6) is -0.129. The number of fused-ring (bicyclic) bond motifs is 1. The van der Waals surface area contributed by atoms with Crippen molar-refractivity contribution in [3.63, 3.8) is 0 Å². The number of likely N-dealkylation sites (tertiary alicyclic amines) is 1. The maximum absolute atomic E-state index is 13.1. The highest BCUT2D eigenvalue weighted by Gasteiger charge is 2.24. The minimum absolute atomic E-state index is 0.00229. The smallest absolute Gasteiger partial charge is 0.411 e. The van der Waals surface area contributed by atoms with Crippen LogP contribution in [0, 0.1) is 0 Å². The van der Waals surface area contributed by atoms with Gasteiger partial charge in [0.1, 0.15) is 11.9 Å². The summed E-state index contributed by atoms with van der Waals surface area (Å²) in [5.41, 5.74) is 7.09. The summed E-state index contributed by atoms with van der Waals surface area (Å²) < 4.78 is 5.78. The molecule has 0 aliphatic carbocycles. The largest absolute Gasteiger partial charge is 0.506 e. The molecule has 0 spiro atoms. The Morgan fingerprint density at radius 1 is 0.841 bits per heavy atom. The Bertz CT molecular complexity index is 2550. The number of amides is 3. The third-order valence-corrected chi connectivity index (χ3v) is 11.7. The summed E-state index contributed by atoms with van der Waals surface area (Å²) >= 11 is 0. The number of anilines is 2. The maximum atomic E-state index is 13.1. The molecular formula is C51H55N5O7. The zero-order valence-electron chi connectivity index (χ0n) is 35.6. The Kier molecular flexibility index (Phi) is 15.0. The number of phenolic OH excluding ortho intramolecular Hbond substituents is 1. The molecule has 1 saturated heterocycles. The Labute approximate surface area is 367 Å². The van der Waals surface area contributed by atoms with Crippen LogP contribution in [0.5, 0.6) is 5.75 Å². The lowest BCUT2D eigenvalue weighted by Gasteiger charge is -2.31. The van der Waals surface area contributed by atoms with Gasteiger partial charge in [0.15, 0.2) is 0 Å². The lowest BCUT2D eigenvalue weighted by molar-refractivity contribution is -0.120. The molecule has 6 aromatic rings. The first kappa shape index (κ1) is 44.3. The van der Waals surface area contributed by atoms with E-state index in [0.717, 1.165) is 65.9 Å². The van der Waals surface area contributed by atoms with Crippen LogP contribution in [0.25, 0.3) is 22.0 Å². The van der Waals surface area contributed by atoms with Gasteiger partial charge in [-0.1, -0.05) is 97.4 Å². The van der Waals surface area contributed by atoms with Crippen LogP contribution in [0.1, 0.15) is 66.9 Å². The number of pyridine rings is 1. The van der Waals surface area contributed by atoms with E-state index in [4.69, 9.17) is 4.74 Å².